The Morgan fingerprint density at radius 3 is 2.37 bits per heavy atom. The predicted octanol–water partition coefficient (Wildman–Crippen LogP) is 4.53. The molecule has 0 atom stereocenters. The van der Waals surface area contributed by atoms with Crippen LogP contribution in [0.15, 0.2) is 28.9 Å². The van der Waals surface area contributed by atoms with Gasteiger partial charge in [0.15, 0.2) is 6.29 Å². The summed E-state index contributed by atoms with van der Waals surface area (Å²) in [6, 6.07) is 4.22. The number of carbonyl (C=O) groups is 1. The third-order valence-electron chi connectivity index (χ3n) is 2.08. The molecule has 100 valence electrons. The van der Waals surface area contributed by atoms with E-state index in [2.05, 4.69) is 20.9 Å². The van der Waals surface area contributed by atoms with Crippen LogP contribution in [-0.4, -0.2) is 11.3 Å². The second-order valence-corrected chi connectivity index (χ2v) is 5.12. The number of alkyl halides is 3. The number of benzene rings is 1. The van der Waals surface area contributed by atoms with Crippen LogP contribution < -0.4 is 4.74 Å². The number of thiazole rings is 1. The Hall–Kier alpha value is -1.41. The van der Waals surface area contributed by atoms with Gasteiger partial charge in [0, 0.05) is 0 Å². The van der Waals surface area contributed by atoms with Crippen LogP contribution in [0.5, 0.6) is 10.9 Å². The number of ether oxygens (including phenoxy) is 1. The van der Waals surface area contributed by atoms with Gasteiger partial charge in [-0.1, -0.05) is 11.3 Å². The molecule has 0 aliphatic heterocycles. The Bertz CT molecular complexity index is 595. The van der Waals surface area contributed by atoms with Gasteiger partial charge < -0.3 is 4.74 Å². The van der Waals surface area contributed by atoms with Crippen molar-refractivity contribution in [1.82, 2.24) is 4.98 Å². The van der Waals surface area contributed by atoms with Crippen molar-refractivity contribution < 1.29 is 22.7 Å². The number of carbonyl (C=O) groups excluding carboxylic acids is 1. The molecule has 0 spiro atoms. The highest BCUT2D eigenvalue weighted by Gasteiger charge is 2.30. The molecule has 1 aromatic carbocycles. The van der Waals surface area contributed by atoms with Crippen LogP contribution in [0.25, 0.3) is 0 Å². The van der Waals surface area contributed by atoms with Gasteiger partial charge in [-0.25, -0.2) is 0 Å². The van der Waals surface area contributed by atoms with Crippen molar-refractivity contribution >= 4 is 33.6 Å². The molecule has 0 saturated carbocycles. The maximum atomic E-state index is 12.4. The minimum atomic E-state index is -4.38. The largest absolute Gasteiger partial charge is 0.431 e. The van der Waals surface area contributed by atoms with Crippen molar-refractivity contribution in [2.45, 2.75) is 6.18 Å². The lowest BCUT2D eigenvalue weighted by Crippen LogP contribution is -2.03. The average Bonchev–Trinajstić information content (AvgIpc) is 2.69. The molecule has 19 heavy (non-hydrogen) atoms. The lowest BCUT2D eigenvalue weighted by Gasteiger charge is -2.07. The maximum Gasteiger partial charge on any atom is 0.416 e. The van der Waals surface area contributed by atoms with Gasteiger partial charge in [0.1, 0.15) is 15.2 Å². The molecule has 0 radical (unpaired) electrons. The number of nitrogens with zero attached hydrogens (tertiary/aromatic N) is 1. The molecule has 2 aromatic rings. The van der Waals surface area contributed by atoms with Gasteiger partial charge in [0.05, 0.1) is 5.56 Å². The van der Waals surface area contributed by atoms with Crippen LogP contribution in [0.1, 0.15) is 15.2 Å². The van der Waals surface area contributed by atoms with E-state index in [9.17, 15) is 18.0 Å². The van der Waals surface area contributed by atoms with Gasteiger partial charge in [-0.15, -0.1) is 0 Å². The first-order valence-corrected chi connectivity index (χ1v) is 6.47. The zero-order valence-corrected chi connectivity index (χ0v) is 11.5. The summed E-state index contributed by atoms with van der Waals surface area (Å²) in [6.07, 6.45) is -3.77. The number of aromatic nitrogens is 1. The molecule has 0 fully saturated rings. The van der Waals surface area contributed by atoms with Crippen molar-refractivity contribution in [2.75, 3.05) is 0 Å². The predicted molar refractivity (Wildman–Crippen MR) is 66.7 cm³/mol. The summed E-state index contributed by atoms with van der Waals surface area (Å²) in [5, 5.41) is 0.175. The molecule has 0 aliphatic carbocycles. The molecule has 0 saturated heterocycles. The Kier molecular flexibility index (Phi) is 3.91. The van der Waals surface area contributed by atoms with Gasteiger partial charge in [-0.3, -0.25) is 4.79 Å². The summed E-state index contributed by atoms with van der Waals surface area (Å²) in [5.74, 6) is 0.215. The van der Waals surface area contributed by atoms with Gasteiger partial charge in [-0.05, 0) is 40.2 Å². The van der Waals surface area contributed by atoms with Crippen LogP contribution in [0, 0.1) is 0 Å². The second-order valence-electron chi connectivity index (χ2n) is 3.38. The summed E-state index contributed by atoms with van der Waals surface area (Å²) in [5.41, 5.74) is -0.756. The fourth-order valence-electron chi connectivity index (χ4n) is 1.22. The molecule has 2 rings (SSSR count). The number of halogens is 4. The summed E-state index contributed by atoms with van der Waals surface area (Å²) in [7, 11) is 0. The molecule has 1 heterocycles. The summed E-state index contributed by atoms with van der Waals surface area (Å²) in [6.45, 7) is 0. The molecule has 0 unspecified atom stereocenters. The topological polar surface area (TPSA) is 39.2 Å². The first kappa shape index (κ1) is 14.0. The fraction of sp³-hybridized carbons (Fsp3) is 0.0909. The van der Waals surface area contributed by atoms with E-state index in [-0.39, 0.29) is 10.9 Å². The normalized spacial score (nSPS) is 11.4. The maximum absolute atomic E-state index is 12.4. The van der Waals surface area contributed by atoms with E-state index < -0.39 is 11.7 Å². The second kappa shape index (κ2) is 5.30. The van der Waals surface area contributed by atoms with Gasteiger partial charge in [0.25, 0.3) is 5.19 Å². The zero-order valence-electron chi connectivity index (χ0n) is 9.07. The van der Waals surface area contributed by atoms with Crippen molar-refractivity contribution in [2.24, 2.45) is 0 Å². The third-order valence-corrected chi connectivity index (χ3v) is 3.81. The van der Waals surface area contributed by atoms with Crippen LogP contribution in [0.3, 0.4) is 0 Å². The summed E-state index contributed by atoms with van der Waals surface area (Å²) >= 11 is 4.06. The van der Waals surface area contributed by atoms with E-state index in [1.54, 1.807) is 0 Å². The smallest absolute Gasteiger partial charge is 0.416 e. The highest BCUT2D eigenvalue weighted by molar-refractivity contribution is 9.10. The highest BCUT2D eigenvalue weighted by Crippen LogP contribution is 2.33. The number of rotatable bonds is 3. The lowest BCUT2D eigenvalue weighted by molar-refractivity contribution is -0.137. The summed E-state index contributed by atoms with van der Waals surface area (Å²) in [4.78, 5) is 14.9. The minimum absolute atomic E-state index is 0.175. The van der Waals surface area contributed by atoms with Crippen LogP contribution in [0.2, 0.25) is 0 Å². The molecule has 0 bridgehead atoms. The fourth-order valence-corrected chi connectivity index (χ4v) is 2.48. The Labute approximate surface area is 118 Å². The lowest BCUT2D eigenvalue weighted by atomic mass is 10.2. The Morgan fingerprint density at radius 2 is 1.89 bits per heavy atom. The van der Waals surface area contributed by atoms with Crippen molar-refractivity contribution in [1.29, 1.82) is 0 Å². The molecular formula is C11H5BrF3NO2S. The van der Waals surface area contributed by atoms with Crippen molar-refractivity contribution in [3.05, 3.63) is 39.3 Å². The van der Waals surface area contributed by atoms with Crippen LogP contribution in [-0.2, 0) is 6.18 Å². The minimum Gasteiger partial charge on any atom is -0.431 e. The van der Waals surface area contributed by atoms with Gasteiger partial charge in [-0.2, -0.15) is 18.2 Å². The average molecular weight is 352 g/mol. The third kappa shape index (κ3) is 3.32. The quantitative estimate of drug-likeness (QED) is 0.762. The molecular weight excluding hydrogens is 347 g/mol. The Balaban J connectivity index is 2.17. The standard InChI is InChI=1S/C11H5BrF3NO2S/c12-9-8(5-17)19-10(16-9)18-7-3-1-6(2-4-7)11(13,14)15/h1-5H. The number of hydrogen-bond acceptors (Lipinski definition) is 4. The van der Waals surface area contributed by atoms with E-state index in [1.807, 2.05) is 0 Å². The van der Waals surface area contributed by atoms with Gasteiger partial charge in [0.2, 0.25) is 0 Å². The monoisotopic (exact) mass is 351 g/mol. The number of hydrogen-bond donors (Lipinski definition) is 0. The SMILES string of the molecule is O=Cc1sc(Oc2ccc(C(F)(F)F)cc2)nc1Br. The van der Waals surface area contributed by atoms with E-state index in [0.717, 1.165) is 23.5 Å². The van der Waals surface area contributed by atoms with E-state index >= 15 is 0 Å². The van der Waals surface area contributed by atoms with Gasteiger partial charge >= 0.3 is 6.18 Å². The molecule has 3 nitrogen and oxygen atoms in total. The first-order chi connectivity index (χ1) is 8.90. The molecule has 0 aliphatic rings. The summed E-state index contributed by atoms with van der Waals surface area (Å²) < 4.78 is 42.7. The van der Waals surface area contributed by atoms with E-state index in [1.165, 1.54) is 12.1 Å². The van der Waals surface area contributed by atoms with Crippen molar-refractivity contribution in [3.8, 4) is 10.9 Å². The van der Waals surface area contributed by atoms with E-state index in [4.69, 9.17) is 4.74 Å². The molecule has 8 heteroatoms. The first-order valence-electron chi connectivity index (χ1n) is 4.87. The molecule has 0 N–H and O–H groups in total. The van der Waals surface area contributed by atoms with Crippen molar-refractivity contribution in [3.63, 3.8) is 0 Å². The molecule has 0 amide bonds. The van der Waals surface area contributed by atoms with Crippen LogP contribution >= 0.6 is 27.3 Å². The highest BCUT2D eigenvalue weighted by atomic mass is 79.9. The zero-order chi connectivity index (χ0) is 14.0. The Morgan fingerprint density at radius 1 is 1.26 bits per heavy atom. The molecule has 1 aromatic heterocycles. The van der Waals surface area contributed by atoms with E-state index in [0.29, 0.717) is 15.8 Å². The number of aldehydes is 1. The van der Waals surface area contributed by atoms with Crippen LogP contribution in [0.4, 0.5) is 13.2 Å².